The molecule has 4 rings (SSSR count). The number of carbonyl (C=O) groups excluding carboxylic acids is 1. The fourth-order valence-corrected chi connectivity index (χ4v) is 5.76. The summed E-state index contributed by atoms with van der Waals surface area (Å²) in [5.74, 6) is 1.26. The van der Waals surface area contributed by atoms with Crippen molar-refractivity contribution in [2.45, 2.75) is 40.0 Å². The van der Waals surface area contributed by atoms with Crippen molar-refractivity contribution in [2.75, 3.05) is 31.4 Å². The van der Waals surface area contributed by atoms with Gasteiger partial charge in [0.25, 0.3) is 5.91 Å². The van der Waals surface area contributed by atoms with Crippen molar-refractivity contribution < 1.29 is 9.53 Å². The van der Waals surface area contributed by atoms with Gasteiger partial charge in [-0.2, -0.15) is 0 Å². The van der Waals surface area contributed by atoms with E-state index in [2.05, 4.69) is 55.3 Å². The second-order valence-electron chi connectivity index (χ2n) is 10.4. The fourth-order valence-electron chi connectivity index (χ4n) is 4.50. The number of amides is 1. The van der Waals surface area contributed by atoms with Crippen molar-refractivity contribution in [3.8, 4) is 5.75 Å². The number of ether oxygens (including phenoxy) is 1. The summed E-state index contributed by atoms with van der Waals surface area (Å²) in [4.78, 5) is 21.7. The van der Waals surface area contributed by atoms with Crippen molar-refractivity contribution in [3.63, 3.8) is 0 Å². The maximum atomic E-state index is 13.5. The Labute approximate surface area is 212 Å². The average molecular weight is 490 g/mol. The van der Waals surface area contributed by atoms with E-state index in [4.69, 9.17) is 9.73 Å². The molecule has 0 fully saturated rings. The normalized spacial score (nSPS) is 15.7. The van der Waals surface area contributed by atoms with E-state index >= 15 is 0 Å². The highest BCUT2D eigenvalue weighted by molar-refractivity contribution is 7.16. The molecule has 0 saturated carbocycles. The number of fused-ring (bicyclic) bond motifs is 1. The van der Waals surface area contributed by atoms with Gasteiger partial charge in [-0.15, -0.1) is 11.3 Å². The number of hydrogen-bond acceptors (Lipinski definition) is 5. The summed E-state index contributed by atoms with van der Waals surface area (Å²) in [6, 6.07) is 15.7. The number of nitrogens with one attached hydrogen (secondary N) is 1. The highest BCUT2D eigenvalue weighted by atomic mass is 32.1. The largest absolute Gasteiger partial charge is 0.497 e. The molecule has 35 heavy (non-hydrogen) atoms. The Balaban J connectivity index is 1.66. The molecule has 0 radical (unpaired) electrons. The first-order valence-corrected chi connectivity index (χ1v) is 12.9. The van der Waals surface area contributed by atoms with Crippen LogP contribution in [0.3, 0.4) is 0 Å². The summed E-state index contributed by atoms with van der Waals surface area (Å²) in [5.41, 5.74) is 5.02. The summed E-state index contributed by atoms with van der Waals surface area (Å²) in [7, 11) is 5.68. The van der Waals surface area contributed by atoms with Crippen LogP contribution in [0.2, 0.25) is 0 Å². The first kappa shape index (κ1) is 25.0. The third-order valence-electron chi connectivity index (χ3n) is 6.79. The van der Waals surface area contributed by atoms with Gasteiger partial charge in [0.1, 0.15) is 10.8 Å². The van der Waals surface area contributed by atoms with Gasteiger partial charge in [-0.25, -0.2) is 4.99 Å². The Morgan fingerprint density at radius 1 is 1.11 bits per heavy atom. The summed E-state index contributed by atoms with van der Waals surface area (Å²) in [6.45, 7) is 6.93. The molecule has 0 aliphatic heterocycles. The molecule has 0 unspecified atom stereocenters. The monoisotopic (exact) mass is 489 g/mol. The molecule has 2 aromatic carbocycles. The minimum Gasteiger partial charge on any atom is -0.497 e. The number of methoxy groups -OCH3 is 1. The molecule has 0 spiro atoms. The third kappa shape index (κ3) is 5.76. The van der Waals surface area contributed by atoms with Crippen LogP contribution in [0.15, 0.2) is 53.5 Å². The number of anilines is 2. The van der Waals surface area contributed by atoms with Crippen molar-refractivity contribution in [1.82, 2.24) is 0 Å². The molecule has 184 valence electrons. The molecule has 1 atom stereocenters. The summed E-state index contributed by atoms with van der Waals surface area (Å²) >= 11 is 1.67. The number of thiophene rings is 1. The highest BCUT2D eigenvalue weighted by Crippen LogP contribution is 2.45. The minimum absolute atomic E-state index is 0.100. The van der Waals surface area contributed by atoms with E-state index < -0.39 is 0 Å². The van der Waals surface area contributed by atoms with Crippen LogP contribution < -0.4 is 15.0 Å². The van der Waals surface area contributed by atoms with Gasteiger partial charge >= 0.3 is 0 Å². The molecule has 1 heterocycles. The van der Waals surface area contributed by atoms with Gasteiger partial charge in [-0.1, -0.05) is 32.9 Å². The molecule has 1 aliphatic carbocycles. The molecular formula is C29H35N3O2S. The topological polar surface area (TPSA) is 53.9 Å². The van der Waals surface area contributed by atoms with Gasteiger partial charge < -0.3 is 15.0 Å². The first-order chi connectivity index (χ1) is 16.7. The van der Waals surface area contributed by atoms with E-state index in [1.54, 1.807) is 18.4 Å². The Hall–Kier alpha value is -3.12. The van der Waals surface area contributed by atoms with Gasteiger partial charge in [0.2, 0.25) is 0 Å². The Kier molecular flexibility index (Phi) is 7.31. The number of benzene rings is 2. The van der Waals surface area contributed by atoms with Crippen LogP contribution in [0.5, 0.6) is 5.75 Å². The zero-order valence-electron chi connectivity index (χ0n) is 21.5. The maximum absolute atomic E-state index is 13.5. The van der Waals surface area contributed by atoms with Crippen LogP contribution in [-0.2, 0) is 12.8 Å². The zero-order chi connectivity index (χ0) is 25.2. The van der Waals surface area contributed by atoms with Crippen molar-refractivity contribution in [3.05, 3.63) is 70.1 Å². The van der Waals surface area contributed by atoms with Gasteiger partial charge in [0.15, 0.2) is 0 Å². The number of carbonyl (C=O) groups is 1. The minimum atomic E-state index is -0.100. The van der Waals surface area contributed by atoms with E-state index in [1.165, 1.54) is 4.88 Å². The highest BCUT2D eigenvalue weighted by Gasteiger charge is 2.33. The molecule has 5 nitrogen and oxygen atoms in total. The van der Waals surface area contributed by atoms with Gasteiger partial charge in [-0.3, -0.25) is 4.79 Å². The smallest absolute Gasteiger partial charge is 0.259 e. The van der Waals surface area contributed by atoms with Crippen LogP contribution >= 0.6 is 11.3 Å². The van der Waals surface area contributed by atoms with Crippen LogP contribution in [0, 0.1) is 11.3 Å². The molecular weight excluding hydrogens is 454 g/mol. The van der Waals surface area contributed by atoms with Crippen molar-refractivity contribution >= 4 is 39.8 Å². The summed E-state index contributed by atoms with van der Waals surface area (Å²) < 4.78 is 5.24. The second-order valence-corrected chi connectivity index (χ2v) is 11.5. The van der Waals surface area contributed by atoms with Crippen LogP contribution in [-0.4, -0.2) is 33.3 Å². The van der Waals surface area contributed by atoms with Gasteiger partial charge in [-0.05, 0) is 78.1 Å². The van der Waals surface area contributed by atoms with Gasteiger partial charge in [0.05, 0.1) is 12.7 Å². The number of aliphatic imine (C=N–C) groups is 1. The number of nitrogens with zero attached hydrogens (tertiary/aromatic N) is 2. The lowest BCUT2D eigenvalue weighted by atomic mass is 9.72. The Bertz CT molecular complexity index is 1200. The van der Waals surface area contributed by atoms with Crippen molar-refractivity contribution in [1.29, 1.82) is 0 Å². The Morgan fingerprint density at radius 3 is 2.40 bits per heavy atom. The van der Waals surface area contributed by atoms with E-state index in [-0.39, 0.29) is 11.3 Å². The lowest BCUT2D eigenvalue weighted by molar-refractivity contribution is 0.102. The maximum Gasteiger partial charge on any atom is 0.259 e. The molecule has 1 amide bonds. The van der Waals surface area contributed by atoms with Crippen LogP contribution in [0.1, 0.15) is 53.6 Å². The lowest BCUT2D eigenvalue weighted by Crippen LogP contribution is -2.27. The quantitative estimate of drug-likeness (QED) is 0.380. The van der Waals surface area contributed by atoms with Crippen LogP contribution in [0.4, 0.5) is 16.4 Å². The molecule has 1 aromatic heterocycles. The van der Waals surface area contributed by atoms with Gasteiger partial charge in [0, 0.05) is 36.6 Å². The molecule has 6 heteroatoms. The first-order valence-electron chi connectivity index (χ1n) is 12.1. The average Bonchev–Trinajstić information content (AvgIpc) is 3.20. The Morgan fingerprint density at radius 2 is 1.80 bits per heavy atom. The second kappa shape index (κ2) is 10.2. The van der Waals surface area contributed by atoms with E-state index in [0.29, 0.717) is 11.5 Å². The van der Waals surface area contributed by atoms with Crippen LogP contribution in [0.25, 0.3) is 0 Å². The number of rotatable bonds is 6. The van der Waals surface area contributed by atoms with E-state index in [0.717, 1.165) is 52.5 Å². The molecule has 1 aliphatic rings. The summed E-state index contributed by atoms with van der Waals surface area (Å²) in [6.07, 6.45) is 4.86. The molecule has 1 N–H and O–H groups in total. The predicted molar refractivity (Wildman–Crippen MR) is 148 cm³/mol. The molecule has 0 bridgehead atoms. The van der Waals surface area contributed by atoms with E-state index in [9.17, 15) is 4.79 Å². The van der Waals surface area contributed by atoms with Crippen molar-refractivity contribution in [2.24, 2.45) is 16.3 Å². The summed E-state index contributed by atoms with van der Waals surface area (Å²) in [5, 5.41) is 3.86. The molecule has 3 aromatic rings. The third-order valence-corrected chi connectivity index (χ3v) is 7.95. The SMILES string of the molecule is COc1ccc(NC(=O)c2c(N=Cc3ccc(N(C)C)cc3)sc3c2CC[C@H](C(C)(C)C)C3)cc1. The zero-order valence-corrected chi connectivity index (χ0v) is 22.3. The fraction of sp³-hybridized carbons (Fsp3) is 0.379. The lowest BCUT2D eigenvalue weighted by Gasteiger charge is -2.33. The van der Waals surface area contributed by atoms with E-state index in [1.807, 2.05) is 44.6 Å². The standard InChI is InChI=1S/C29H35N3O2S/c1-29(2,3)20-9-16-24-25(17-20)35-28(30-18-19-7-12-22(13-8-19)32(4)5)26(24)27(33)31-21-10-14-23(34-6)15-11-21/h7-8,10-15,18,20H,9,16-17H2,1-6H3,(H,31,33)/t20-/m0/s1. The number of hydrogen-bond donors (Lipinski definition) is 1. The molecule has 0 saturated heterocycles. The predicted octanol–water partition coefficient (Wildman–Crippen LogP) is 6.98.